The van der Waals surface area contributed by atoms with Crippen LogP contribution in [-0.4, -0.2) is 9.55 Å². The minimum atomic E-state index is -4.42. The van der Waals surface area contributed by atoms with Crippen molar-refractivity contribution in [2.45, 2.75) is 32.4 Å². The zero-order valence-electron chi connectivity index (χ0n) is 10.8. The highest BCUT2D eigenvalue weighted by Gasteiger charge is 2.36. The molecule has 0 unspecified atom stereocenters. The molecule has 0 aliphatic carbocycles. The number of nitrogens with zero attached hydrogens (tertiary/aromatic N) is 2. The summed E-state index contributed by atoms with van der Waals surface area (Å²) in [6, 6.07) is 5.27. The van der Waals surface area contributed by atoms with Crippen molar-refractivity contribution in [2.24, 2.45) is 7.05 Å². The van der Waals surface area contributed by atoms with Gasteiger partial charge in [0.05, 0.1) is 11.0 Å². The van der Waals surface area contributed by atoms with Crippen molar-refractivity contribution in [3.8, 4) is 0 Å². The van der Waals surface area contributed by atoms with Gasteiger partial charge in [-0.3, -0.25) is 0 Å². The van der Waals surface area contributed by atoms with Crippen molar-refractivity contribution in [2.75, 3.05) is 0 Å². The smallest absolute Gasteiger partial charge is 0.323 e. The normalized spacial score (nSPS) is 13.3. The number of fused-ring (bicyclic) bond motifs is 1. The second-order valence-electron chi connectivity index (χ2n) is 5.45. The maximum absolute atomic E-state index is 12.7. The monoisotopic (exact) mass is 256 g/mol. The lowest BCUT2D eigenvalue weighted by Crippen LogP contribution is -2.12. The van der Waals surface area contributed by atoms with Gasteiger partial charge >= 0.3 is 6.18 Å². The lowest BCUT2D eigenvalue weighted by atomic mass is 9.87. The molecule has 0 saturated carbocycles. The molecule has 0 amide bonds. The summed E-state index contributed by atoms with van der Waals surface area (Å²) in [5.74, 6) is -0.858. The summed E-state index contributed by atoms with van der Waals surface area (Å²) in [6.07, 6.45) is -4.42. The zero-order valence-corrected chi connectivity index (χ0v) is 10.8. The van der Waals surface area contributed by atoms with Crippen LogP contribution in [0.2, 0.25) is 0 Å². The quantitative estimate of drug-likeness (QED) is 0.699. The Bertz CT molecular complexity index is 589. The van der Waals surface area contributed by atoms with Gasteiger partial charge in [-0.1, -0.05) is 26.8 Å². The lowest BCUT2D eigenvalue weighted by molar-refractivity contribution is -0.146. The van der Waals surface area contributed by atoms with Crippen molar-refractivity contribution < 1.29 is 13.2 Å². The van der Waals surface area contributed by atoms with Gasteiger partial charge in [0.2, 0.25) is 5.82 Å². The van der Waals surface area contributed by atoms with Gasteiger partial charge in [-0.15, -0.1) is 0 Å². The summed E-state index contributed by atoms with van der Waals surface area (Å²) in [4.78, 5) is 3.70. The molecule has 0 saturated heterocycles. The van der Waals surface area contributed by atoms with Gasteiger partial charge in [-0.2, -0.15) is 13.2 Å². The SMILES string of the molecule is Cn1c(C(F)(F)F)nc2cc(C(C)(C)C)ccc21. The summed E-state index contributed by atoms with van der Waals surface area (Å²) < 4.78 is 39.3. The fraction of sp³-hybridized carbons (Fsp3) is 0.462. The van der Waals surface area contributed by atoms with Gasteiger partial charge in [-0.25, -0.2) is 4.98 Å². The fourth-order valence-electron chi connectivity index (χ4n) is 1.92. The second kappa shape index (κ2) is 3.73. The van der Waals surface area contributed by atoms with Gasteiger partial charge in [-0.05, 0) is 23.1 Å². The Labute approximate surface area is 103 Å². The van der Waals surface area contributed by atoms with E-state index in [1.807, 2.05) is 26.8 Å². The van der Waals surface area contributed by atoms with E-state index in [1.165, 1.54) is 7.05 Å². The van der Waals surface area contributed by atoms with E-state index in [4.69, 9.17) is 0 Å². The summed E-state index contributed by atoms with van der Waals surface area (Å²) in [6.45, 7) is 6.05. The number of benzene rings is 1. The third-order valence-electron chi connectivity index (χ3n) is 3.00. The Hall–Kier alpha value is -1.52. The molecular formula is C13H15F3N2. The van der Waals surface area contributed by atoms with Crippen molar-refractivity contribution in [3.63, 3.8) is 0 Å². The third-order valence-corrected chi connectivity index (χ3v) is 3.00. The minimum absolute atomic E-state index is 0.107. The van der Waals surface area contributed by atoms with Crippen LogP contribution in [-0.2, 0) is 18.6 Å². The van der Waals surface area contributed by atoms with Gasteiger partial charge in [0.1, 0.15) is 0 Å². The largest absolute Gasteiger partial charge is 0.449 e. The third kappa shape index (κ3) is 2.09. The van der Waals surface area contributed by atoms with Crippen LogP contribution >= 0.6 is 0 Å². The number of hydrogen-bond acceptors (Lipinski definition) is 1. The molecule has 1 heterocycles. The average molecular weight is 256 g/mol. The van der Waals surface area contributed by atoms with Crippen LogP contribution in [0.15, 0.2) is 18.2 Å². The van der Waals surface area contributed by atoms with E-state index in [9.17, 15) is 13.2 Å². The number of halogens is 3. The first kappa shape index (κ1) is 12.9. The summed E-state index contributed by atoms with van der Waals surface area (Å²) in [5.41, 5.74) is 1.75. The second-order valence-corrected chi connectivity index (χ2v) is 5.45. The van der Waals surface area contributed by atoms with Crippen LogP contribution in [0.25, 0.3) is 11.0 Å². The van der Waals surface area contributed by atoms with Crippen molar-refractivity contribution in [1.29, 1.82) is 0 Å². The molecule has 18 heavy (non-hydrogen) atoms. The predicted octanol–water partition coefficient (Wildman–Crippen LogP) is 3.89. The summed E-state index contributed by atoms with van der Waals surface area (Å²) in [7, 11) is 1.38. The highest BCUT2D eigenvalue weighted by atomic mass is 19.4. The molecular weight excluding hydrogens is 241 g/mol. The highest BCUT2D eigenvalue weighted by Crippen LogP contribution is 2.32. The number of alkyl halides is 3. The minimum Gasteiger partial charge on any atom is -0.323 e. The van der Waals surface area contributed by atoms with E-state index in [0.717, 1.165) is 10.1 Å². The first-order valence-electron chi connectivity index (χ1n) is 5.65. The number of aryl methyl sites for hydroxylation is 1. The molecule has 0 aliphatic heterocycles. The Morgan fingerprint density at radius 1 is 1.11 bits per heavy atom. The van der Waals surface area contributed by atoms with E-state index >= 15 is 0 Å². The topological polar surface area (TPSA) is 17.8 Å². The molecule has 1 aromatic heterocycles. The standard InChI is InChI=1S/C13H15F3N2/c1-12(2,3)8-5-6-10-9(7-8)17-11(18(10)4)13(14,15)16/h5-7H,1-4H3. The van der Waals surface area contributed by atoms with Crippen LogP contribution in [0.3, 0.4) is 0 Å². The van der Waals surface area contributed by atoms with Crippen LogP contribution in [0, 0.1) is 0 Å². The average Bonchev–Trinajstić information content (AvgIpc) is 2.54. The molecule has 0 fully saturated rings. The van der Waals surface area contributed by atoms with Gasteiger partial charge in [0.15, 0.2) is 0 Å². The number of aromatic nitrogens is 2. The van der Waals surface area contributed by atoms with Gasteiger partial charge in [0, 0.05) is 7.05 Å². The molecule has 2 nitrogen and oxygen atoms in total. The number of rotatable bonds is 0. The molecule has 0 N–H and O–H groups in total. The van der Waals surface area contributed by atoms with Crippen molar-refractivity contribution in [3.05, 3.63) is 29.6 Å². The Morgan fingerprint density at radius 3 is 2.22 bits per heavy atom. The molecule has 2 rings (SSSR count). The van der Waals surface area contributed by atoms with Gasteiger partial charge in [0.25, 0.3) is 0 Å². The van der Waals surface area contributed by atoms with Crippen LogP contribution in [0.1, 0.15) is 32.2 Å². The van der Waals surface area contributed by atoms with Crippen LogP contribution in [0.4, 0.5) is 13.2 Å². The van der Waals surface area contributed by atoms with E-state index in [1.54, 1.807) is 12.1 Å². The molecule has 0 bridgehead atoms. The first-order valence-corrected chi connectivity index (χ1v) is 5.65. The highest BCUT2D eigenvalue weighted by molar-refractivity contribution is 5.77. The maximum atomic E-state index is 12.7. The summed E-state index contributed by atoms with van der Waals surface area (Å²) >= 11 is 0. The number of hydrogen-bond donors (Lipinski definition) is 0. The molecule has 2 aromatic rings. The molecule has 0 radical (unpaired) electrons. The van der Waals surface area contributed by atoms with E-state index in [2.05, 4.69) is 4.98 Å². The maximum Gasteiger partial charge on any atom is 0.449 e. The van der Waals surface area contributed by atoms with E-state index in [0.29, 0.717) is 11.0 Å². The summed E-state index contributed by atoms with van der Waals surface area (Å²) in [5, 5.41) is 0. The lowest BCUT2D eigenvalue weighted by Gasteiger charge is -2.18. The molecule has 0 aliphatic rings. The number of imidazole rings is 1. The van der Waals surface area contributed by atoms with Crippen molar-refractivity contribution in [1.82, 2.24) is 9.55 Å². The molecule has 0 atom stereocenters. The van der Waals surface area contributed by atoms with Gasteiger partial charge < -0.3 is 4.57 Å². The van der Waals surface area contributed by atoms with Crippen LogP contribution < -0.4 is 0 Å². The first-order chi connectivity index (χ1) is 8.10. The molecule has 98 valence electrons. The Morgan fingerprint density at radius 2 is 1.72 bits per heavy atom. The Balaban J connectivity index is 2.67. The Kier molecular flexibility index (Phi) is 2.68. The molecule has 1 aromatic carbocycles. The van der Waals surface area contributed by atoms with Crippen molar-refractivity contribution >= 4 is 11.0 Å². The zero-order chi connectivity index (χ0) is 13.7. The molecule has 5 heteroatoms. The van der Waals surface area contributed by atoms with E-state index < -0.39 is 12.0 Å². The van der Waals surface area contributed by atoms with Crippen LogP contribution in [0.5, 0.6) is 0 Å². The van der Waals surface area contributed by atoms with E-state index in [-0.39, 0.29) is 5.41 Å². The fourth-order valence-corrected chi connectivity index (χ4v) is 1.92. The molecule has 0 spiro atoms. The predicted molar refractivity (Wildman–Crippen MR) is 64.4 cm³/mol.